The molecule has 0 aliphatic carbocycles. The first-order chi connectivity index (χ1) is 8.29. The lowest BCUT2D eigenvalue weighted by molar-refractivity contribution is -0.112. The number of piperazine rings is 1. The van der Waals surface area contributed by atoms with Gasteiger partial charge >= 0.3 is 0 Å². The van der Waals surface area contributed by atoms with Gasteiger partial charge in [-0.25, -0.2) is 0 Å². The molecule has 2 aliphatic heterocycles. The Morgan fingerprint density at radius 1 is 1.24 bits per heavy atom. The lowest BCUT2D eigenvalue weighted by atomic mass is 9.99. The lowest BCUT2D eigenvalue weighted by Crippen LogP contribution is -2.52. The minimum atomic E-state index is 0.323. The van der Waals surface area contributed by atoms with Gasteiger partial charge in [0, 0.05) is 44.7 Å². The molecule has 0 radical (unpaired) electrons. The largest absolute Gasteiger partial charge is 0.314 e. The molecule has 0 spiro atoms. The molecule has 2 heterocycles. The maximum Gasteiger partial charge on any atom is 0.123 e. The Morgan fingerprint density at radius 2 is 2.00 bits per heavy atom. The number of piperidine rings is 1. The van der Waals surface area contributed by atoms with Crippen LogP contribution in [-0.4, -0.2) is 67.9 Å². The van der Waals surface area contributed by atoms with E-state index in [2.05, 4.69) is 22.0 Å². The summed E-state index contributed by atoms with van der Waals surface area (Å²) < 4.78 is 0. The molecule has 0 aromatic rings. The number of carbonyl (C=O) groups is 1. The fourth-order valence-electron chi connectivity index (χ4n) is 2.80. The van der Waals surface area contributed by atoms with Crippen LogP contribution in [0.15, 0.2) is 0 Å². The highest BCUT2D eigenvalue weighted by atomic mass is 16.1. The Balaban J connectivity index is 1.66. The van der Waals surface area contributed by atoms with Crippen molar-refractivity contribution in [1.82, 2.24) is 15.1 Å². The maximum absolute atomic E-state index is 10.7. The Morgan fingerprint density at radius 3 is 2.65 bits per heavy atom. The van der Waals surface area contributed by atoms with Crippen LogP contribution in [0.5, 0.6) is 0 Å². The third-order valence-electron chi connectivity index (χ3n) is 4.17. The highest BCUT2D eigenvalue weighted by Gasteiger charge is 2.21. The zero-order chi connectivity index (χ0) is 12.1. The number of nitrogens with one attached hydrogen (secondary N) is 1. The van der Waals surface area contributed by atoms with Gasteiger partial charge in [0.2, 0.25) is 0 Å². The van der Waals surface area contributed by atoms with Gasteiger partial charge in [-0.3, -0.25) is 4.90 Å². The van der Waals surface area contributed by atoms with Crippen LogP contribution in [0.25, 0.3) is 0 Å². The molecule has 2 aliphatic rings. The van der Waals surface area contributed by atoms with Crippen molar-refractivity contribution in [1.29, 1.82) is 0 Å². The highest BCUT2D eigenvalue weighted by Crippen LogP contribution is 2.14. The summed E-state index contributed by atoms with van der Waals surface area (Å²) in [7, 11) is 0. The lowest BCUT2D eigenvalue weighted by Gasteiger charge is -2.36. The number of nitrogens with zero attached hydrogens (tertiary/aromatic N) is 2. The summed E-state index contributed by atoms with van der Waals surface area (Å²) in [6.45, 7) is 10.2. The number of aldehydes is 1. The monoisotopic (exact) mass is 239 g/mol. The molecule has 0 aromatic carbocycles. The SMILES string of the molecule is CC1CNCCN1CCN1CCC(C=O)CC1. The highest BCUT2D eigenvalue weighted by molar-refractivity contribution is 5.53. The number of carbonyl (C=O) groups excluding carboxylic acids is 1. The Hall–Kier alpha value is -0.450. The molecule has 2 rings (SSSR count). The minimum Gasteiger partial charge on any atom is -0.314 e. The topological polar surface area (TPSA) is 35.6 Å². The van der Waals surface area contributed by atoms with E-state index in [4.69, 9.17) is 0 Å². The maximum atomic E-state index is 10.7. The summed E-state index contributed by atoms with van der Waals surface area (Å²) in [5.74, 6) is 0.323. The zero-order valence-corrected chi connectivity index (χ0v) is 10.9. The van der Waals surface area contributed by atoms with Crippen molar-refractivity contribution in [3.05, 3.63) is 0 Å². The molecule has 2 fully saturated rings. The van der Waals surface area contributed by atoms with Crippen molar-refractivity contribution in [2.45, 2.75) is 25.8 Å². The second-order valence-corrected chi connectivity index (χ2v) is 5.40. The van der Waals surface area contributed by atoms with Crippen molar-refractivity contribution in [3.63, 3.8) is 0 Å². The van der Waals surface area contributed by atoms with Crippen LogP contribution >= 0.6 is 0 Å². The first kappa shape index (κ1) is 13.0. The fraction of sp³-hybridized carbons (Fsp3) is 0.923. The number of likely N-dealkylation sites (tertiary alicyclic amines) is 1. The van der Waals surface area contributed by atoms with Crippen LogP contribution in [-0.2, 0) is 4.79 Å². The number of hydrogen-bond acceptors (Lipinski definition) is 4. The quantitative estimate of drug-likeness (QED) is 0.711. The molecule has 1 unspecified atom stereocenters. The second-order valence-electron chi connectivity index (χ2n) is 5.40. The fourth-order valence-corrected chi connectivity index (χ4v) is 2.80. The summed E-state index contributed by atoms with van der Waals surface area (Å²) in [5, 5.41) is 3.42. The van der Waals surface area contributed by atoms with Gasteiger partial charge in [0.1, 0.15) is 6.29 Å². The first-order valence-corrected chi connectivity index (χ1v) is 6.92. The van der Waals surface area contributed by atoms with Crippen LogP contribution in [0.1, 0.15) is 19.8 Å². The molecule has 0 saturated carbocycles. The average Bonchev–Trinajstić information content (AvgIpc) is 2.38. The van der Waals surface area contributed by atoms with Gasteiger partial charge in [-0.2, -0.15) is 0 Å². The van der Waals surface area contributed by atoms with Crippen LogP contribution in [0.4, 0.5) is 0 Å². The van der Waals surface area contributed by atoms with Crippen LogP contribution in [0.2, 0.25) is 0 Å². The minimum absolute atomic E-state index is 0.323. The van der Waals surface area contributed by atoms with E-state index in [-0.39, 0.29) is 0 Å². The smallest absolute Gasteiger partial charge is 0.123 e. The number of rotatable bonds is 4. The van der Waals surface area contributed by atoms with Gasteiger partial charge in [0.05, 0.1) is 0 Å². The van der Waals surface area contributed by atoms with Gasteiger partial charge in [-0.1, -0.05) is 0 Å². The van der Waals surface area contributed by atoms with Gasteiger partial charge in [-0.05, 0) is 32.9 Å². The second kappa shape index (κ2) is 6.47. The van der Waals surface area contributed by atoms with Crippen molar-refractivity contribution in [2.75, 3.05) is 45.8 Å². The molecule has 0 amide bonds. The van der Waals surface area contributed by atoms with E-state index in [0.29, 0.717) is 12.0 Å². The third-order valence-corrected chi connectivity index (χ3v) is 4.17. The van der Waals surface area contributed by atoms with Crippen molar-refractivity contribution in [2.24, 2.45) is 5.92 Å². The Labute approximate surface area is 104 Å². The predicted molar refractivity (Wildman–Crippen MR) is 69.1 cm³/mol. The van der Waals surface area contributed by atoms with Crippen molar-refractivity contribution >= 4 is 6.29 Å². The molecule has 0 aromatic heterocycles. The van der Waals surface area contributed by atoms with E-state index in [1.807, 2.05) is 0 Å². The molecule has 1 N–H and O–H groups in total. The third kappa shape index (κ3) is 3.76. The molecule has 0 bridgehead atoms. The molecule has 1 atom stereocenters. The van der Waals surface area contributed by atoms with Gasteiger partial charge in [0.15, 0.2) is 0 Å². The zero-order valence-electron chi connectivity index (χ0n) is 10.9. The summed E-state index contributed by atoms with van der Waals surface area (Å²) in [6, 6.07) is 0.663. The van der Waals surface area contributed by atoms with Gasteiger partial charge < -0.3 is 15.0 Å². The van der Waals surface area contributed by atoms with Crippen molar-refractivity contribution < 1.29 is 4.79 Å². The van der Waals surface area contributed by atoms with E-state index in [9.17, 15) is 4.79 Å². The van der Waals surface area contributed by atoms with Crippen LogP contribution < -0.4 is 5.32 Å². The molecular weight excluding hydrogens is 214 g/mol. The molecule has 2 saturated heterocycles. The summed E-state index contributed by atoms with van der Waals surface area (Å²) in [4.78, 5) is 15.8. The molecule has 4 nitrogen and oxygen atoms in total. The van der Waals surface area contributed by atoms with Crippen LogP contribution in [0.3, 0.4) is 0 Å². The van der Waals surface area contributed by atoms with E-state index < -0.39 is 0 Å². The first-order valence-electron chi connectivity index (χ1n) is 6.92. The van der Waals surface area contributed by atoms with E-state index in [0.717, 1.165) is 51.9 Å². The molecular formula is C13H25N3O. The summed E-state index contributed by atoms with van der Waals surface area (Å²) in [6.07, 6.45) is 3.25. The van der Waals surface area contributed by atoms with Gasteiger partial charge in [-0.15, -0.1) is 0 Å². The normalized spacial score (nSPS) is 29.4. The van der Waals surface area contributed by atoms with E-state index in [1.165, 1.54) is 13.1 Å². The molecule has 17 heavy (non-hydrogen) atoms. The summed E-state index contributed by atoms with van der Waals surface area (Å²) >= 11 is 0. The van der Waals surface area contributed by atoms with Crippen molar-refractivity contribution in [3.8, 4) is 0 Å². The van der Waals surface area contributed by atoms with E-state index in [1.54, 1.807) is 0 Å². The molecule has 98 valence electrons. The van der Waals surface area contributed by atoms with E-state index >= 15 is 0 Å². The van der Waals surface area contributed by atoms with Gasteiger partial charge in [0.25, 0.3) is 0 Å². The predicted octanol–water partition coefficient (Wildman–Crippen LogP) is 0.191. The Kier molecular flexibility index (Phi) is 4.95. The molecule has 4 heteroatoms. The average molecular weight is 239 g/mol. The van der Waals surface area contributed by atoms with Crippen LogP contribution in [0, 0.1) is 5.92 Å². The number of hydrogen-bond donors (Lipinski definition) is 1. The Bertz CT molecular complexity index is 239. The standard InChI is InChI=1S/C13H25N3O/c1-12-10-14-4-7-16(12)9-8-15-5-2-13(11-17)3-6-15/h11-14H,2-10H2,1H3. The summed E-state index contributed by atoms with van der Waals surface area (Å²) in [5.41, 5.74) is 0.